The molecule has 1 aromatic rings. The van der Waals surface area contributed by atoms with Crippen molar-refractivity contribution < 1.29 is 13.5 Å². The lowest BCUT2D eigenvalue weighted by atomic mass is 10.1. The third-order valence-corrected chi connectivity index (χ3v) is 5.19. The number of hydrogen-bond donors (Lipinski definition) is 2. The van der Waals surface area contributed by atoms with Crippen LogP contribution in [0.15, 0.2) is 29.2 Å². The van der Waals surface area contributed by atoms with Crippen molar-refractivity contribution in [2.45, 2.75) is 49.5 Å². The minimum Gasteiger partial charge on any atom is -0.384 e. The van der Waals surface area contributed by atoms with Crippen molar-refractivity contribution in [2.75, 3.05) is 6.61 Å². The van der Waals surface area contributed by atoms with Gasteiger partial charge in [-0.25, -0.2) is 13.1 Å². The van der Waals surface area contributed by atoms with Gasteiger partial charge >= 0.3 is 0 Å². The first-order valence-electron chi connectivity index (χ1n) is 7.34. The van der Waals surface area contributed by atoms with Gasteiger partial charge in [0, 0.05) is 11.6 Å². The SMILES string of the molecule is O=S(=O)(NC1CCCCCC1)c1ccc(C#CCO)cc1. The van der Waals surface area contributed by atoms with E-state index in [1.165, 1.54) is 12.8 Å². The van der Waals surface area contributed by atoms with Crippen molar-refractivity contribution in [3.05, 3.63) is 29.8 Å². The van der Waals surface area contributed by atoms with E-state index in [1.54, 1.807) is 24.3 Å². The number of rotatable bonds is 3. The molecule has 1 saturated carbocycles. The Morgan fingerprint density at radius 2 is 1.71 bits per heavy atom. The Morgan fingerprint density at radius 1 is 1.10 bits per heavy atom. The molecule has 0 amide bonds. The summed E-state index contributed by atoms with van der Waals surface area (Å²) >= 11 is 0. The number of aliphatic hydroxyl groups excluding tert-OH is 1. The molecule has 1 fully saturated rings. The zero-order chi connectivity index (χ0) is 15.1. The van der Waals surface area contributed by atoms with Crippen LogP contribution < -0.4 is 4.72 Å². The predicted molar refractivity (Wildman–Crippen MR) is 82.2 cm³/mol. The molecule has 0 heterocycles. The Balaban J connectivity index is 2.07. The van der Waals surface area contributed by atoms with Gasteiger partial charge in [-0.2, -0.15) is 0 Å². The summed E-state index contributed by atoms with van der Waals surface area (Å²) in [4.78, 5) is 0.265. The maximum atomic E-state index is 12.4. The van der Waals surface area contributed by atoms with Crippen molar-refractivity contribution in [3.8, 4) is 11.8 Å². The highest BCUT2D eigenvalue weighted by Gasteiger charge is 2.20. The molecule has 2 rings (SSSR count). The normalized spacial score (nSPS) is 16.8. The molecule has 4 nitrogen and oxygen atoms in total. The number of nitrogens with one attached hydrogen (secondary N) is 1. The summed E-state index contributed by atoms with van der Waals surface area (Å²) < 4.78 is 27.5. The van der Waals surface area contributed by atoms with Crippen LogP contribution in [0.5, 0.6) is 0 Å². The van der Waals surface area contributed by atoms with Gasteiger partial charge in [-0.1, -0.05) is 37.5 Å². The van der Waals surface area contributed by atoms with Crippen LogP contribution in [0.3, 0.4) is 0 Å². The molecule has 1 aliphatic carbocycles. The Hall–Kier alpha value is -1.35. The first-order valence-corrected chi connectivity index (χ1v) is 8.82. The first kappa shape index (κ1) is 16.0. The second kappa shape index (κ2) is 7.60. The van der Waals surface area contributed by atoms with Crippen LogP contribution in [0.1, 0.15) is 44.1 Å². The molecule has 1 aromatic carbocycles. The first-order chi connectivity index (χ1) is 10.1. The largest absolute Gasteiger partial charge is 0.384 e. The van der Waals surface area contributed by atoms with Crippen LogP contribution in [-0.4, -0.2) is 26.2 Å². The molecule has 114 valence electrons. The van der Waals surface area contributed by atoms with Gasteiger partial charge in [-0.3, -0.25) is 0 Å². The quantitative estimate of drug-likeness (QED) is 0.663. The van der Waals surface area contributed by atoms with E-state index < -0.39 is 10.0 Å². The van der Waals surface area contributed by atoms with E-state index in [0.717, 1.165) is 25.7 Å². The molecule has 21 heavy (non-hydrogen) atoms. The number of sulfonamides is 1. The number of hydrogen-bond acceptors (Lipinski definition) is 3. The summed E-state index contributed by atoms with van der Waals surface area (Å²) in [5, 5.41) is 8.64. The van der Waals surface area contributed by atoms with Crippen molar-refractivity contribution in [1.29, 1.82) is 0 Å². The van der Waals surface area contributed by atoms with Crippen molar-refractivity contribution >= 4 is 10.0 Å². The van der Waals surface area contributed by atoms with E-state index in [2.05, 4.69) is 16.6 Å². The molecule has 0 atom stereocenters. The summed E-state index contributed by atoms with van der Waals surface area (Å²) in [6.45, 7) is -0.205. The third kappa shape index (κ3) is 4.85. The van der Waals surface area contributed by atoms with Crippen LogP contribution in [0.4, 0.5) is 0 Å². The molecule has 0 radical (unpaired) electrons. The van der Waals surface area contributed by atoms with E-state index in [4.69, 9.17) is 5.11 Å². The topological polar surface area (TPSA) is 66.4 Å². The van der Waals surface area contributed by atoms with E-state index in [-0.39, 0.29) is 17.5 Å². The molecule has 0 unspecified atom stereocenters. The molecule has 0 spiro atoms. The lowest BCUT2D eigenvalue weighted by Gasteiger charge is -2.16. The van der Waals surface area contributed by atoms with E-state index in [0.29, 0.717) is 5.56 Å². The second-order valence-electron chi connectivity index (χ2n) is 5.29. The fourth-order valence-corrected chi connectivity index (χ4v) is 3.85. The summed E-state index contributed by atoms with van der Waals surface area (Å²) in [6.07, 6.45) is 6.39. The highest BCUT2D eigenvalue weighted by atomic mass is 32.2. The van der Waals surface area contributed by atoms with E-state index >= 15 is 0 Å². The molecular formula is C16H21NO3S. The summed E-state index contributed by atoms with van der Waals surface area (Å²) in [7, 11) is -3.46. The van der Waals surface area contributed by atoms with E-state index in [1.807, 2.05) is 0 Å². The molecular weight excluding hydrogens is 286 g/mol. The van der Waals surface area contributed by atoms with Gasteiger partial charge in [-0.15, -0.1) is 0 Å². The smallest absolute Gasteiger partial charge is 0.240 e. The minimum absolute atomic E-state index is 0.0476. The molecule has 5 heteroatoms. The van der Waals surface area contributed by atoms with Crippen LogP contribution >= 0.6 is 0 Å². The monoisotopic (exact) mass is 307 g/mol. The number of benzene rings is 1. The molecule has 0 bridgehead atoms. The van der Waals surface area contributed by atoms with Crippen molar-refractivity contribution in [2.24, 2.45) is 0 Å². The van der Waals surface area contributed by atoms with E-state index in [9.17, 15) is 8.42 Å². The fourth-order valence-electron chi connectivity index (χ4n) is 2.54. The zero-order valence-electron chi connectivity index (χ0n) is 12.0. The molecule has 2 N–H and O–H groups in total. The summed E-state index contributed by atoms with van der Waals surface area (Å²) in [5.41, 5.74) is 0.692. The summed E-state index contributed by atoms with van der Waals surface area (Å²) in [6, 6.07) is 6.47. The molecule has 0 aromatic heterocycles. The van der Waals surface area contributed by atoms with Crippen LogP contribution in [0, 0.1) is 11.8 Å². The second-order valence-corrected chi connectivity index (χ2v) is 7.01. The van der Waals surface area contributed by atoms with Crippen molar-refractivity contribution in [1.82, 2.24) is 4.72 Å². The van der Waals surface area contributed by atoms with Gasteiger partial charge < -0.3 is 5.11 Å². The van der Waals surface area contributed by atoms with Gasteiger partial charge in [0.25, 0.3) is 0 Å². The zero-order valence-corrected chi connectivity index (χ0v) is 12.8. The highest BCUT2D eigenvalue weighted by Crippen LogP contribution is 2.19. The maximum Gasteiger partial charge on any atom is 0.240 e. The summed E-state index contributed by atoms with van der Waals surface area (Å²) in [5.74, 6) is 5.28. The standard InChI is InChI=1S/C16H21NO3S/c18-13-5-6-14-9-11-16(12-10-14)21(19,20)17-15-7-3-1-2-4-8-15/h9-12,15,17-18H,1-4,7-8,13H2. The van der Waals surface area contributed by atoms with Crippen LogP contribution in [0.25, 0.3) is 0 Å². The minimum atomic E-state index is -3.46. The molecule has 0 aliphatic heterocycles. The average molecular weight is 307 g/mol. The van der Waals surface area contributed by atoms with Crippen LogP contribution in [0.2, 0.25) is 0 Å². The third-order valence-electron chi connectivity index (χ3n) is 3.65. The van der Waals surface area contributed by atoms with Gasteiger partial charge in [0.05, 0.1) is 4.90 Å². The van der Waals surface area contributed by atoms with Gasteiger partial charge in [0.1, 0.15) is 6.61 Å². The number of aliphatic hydroxyl groups is 1. The average Bonchev–Trinajstić information content (AvgIpc) is 2.73. The molecule has 0 saturated heterocycles. The van der Waals surface area contributed by atoms with Gasteiger partial charge in [-0.05, 0) is 37.1 Å². The van der Waals surface area contributed by atoms with Gasteiger partial charge in [0.2, 0.25) is 10.0 Å². The van der Waals surface area contributed by atoms with Crippen LogP contribution in [-0.2, 0) is 10.0 Å². The van der Waals surface area contributed by atoms with Crippen molar-refractivity contribution in [3.63, 3.8) is 0 Å². The Morgan fingerprint density at radius 3 is 2.29 bits per heavy atom. The maximum absolute atomic E-state index is 12.4. The predicted octanol–water partition coefficient (Wildman–Crippen LogP) is 2.03. The van der Waals surface area contributed by atoms with Gasteiger partial charge in [0.15, 0.2) is 0 Å². The Labute approximate surface area is 126 Å². The Bertz CT molecular complexity index is 603. The Kier molecular flexibility index (Phi) is 5.80. The lowest BCUT2D eigenvalue weighted by molar-refractivity contribution is 0.350. The molecule has 1 aliphatic rings. The fraction of sp³-hybridized carbons (Fsp3) is 0.500. The lowest BCUT2D eigenvalue weighted by Crippen LogP contribution is -2.34. The highest BCUT2D eigenvalue weighted by molar-refractivity contribution is 7.89.